The van der Waals surface area contributed by atoms with E-state index in [0.717, 1.165) is 27.5 Å². The lowest BCUT2D eigenvalue weighted by Gasteiger charge is -2.15. The van der Waals surface area contributed by atoms with Gasteiger partial charge >= 0.3 is 0 Å². The third-order valence-corrected chi connectivity index (χ3v) is 7.75. The summed E-state index contributed by atoms with van der Waals surface area (Å²) in [5.41, 5.74) is 4.65. The van der Waals surface area contributed by atoms with E-state index < -0.39 is 0 Å². The number of hydrogen-bond acceptors (Lipinski definition) is 4. The second-order valence-corrected chi connectivity index (χ2v) is 10.1. The fraction of sp³-hybridized carbons (Fsp3) is 0.417. The monoisotopic (exact) mass is 552 g/mol. The minimum Gasteiger partial charge on any atom is -0.493 e. The Bertz CT molecular complexity index is 1010. The molecule has 0 unspecified atom stereocenters. The van der Waals surface area contributed by atoms with Crippen LogP contribution < -0.4 is 14.9 Å². The van der Waals surface area contributed by atoms with Crippen molar-refractivity contribution in [3.05, 3.63) is 56.1 Å². The van der Waals surface area contributed by atoms with Gasteiger partial charge in [0.2, 0.25) is 5.91 Å². The fourth-order valence-electron chi connectivity index (χ4n) is 4.81. The van der Waals surface area contributed by atoms with Crippen LogP contribution in [0.4, 0.5) is 0 Å². The molecule has 0 aliphatic heterocycles. The Balaban J connectivity index is 1.40. The number of nitrogens with one attached hydrogen (secondary N) is 1. The number of carbonyl (C=O) groups is 1. The zero-order chi connectivity index (χ0) is 22.0. The smallest absolute Gasteiger partial charge is 0.244 e. The molecule has 0 radical (unpaired) electrons. The number of ether oxygens (including phenoxy) is 2. The normalized spacial score (nSPS) is 24.5. The second kappa shape index (κ2) is 9.36. The van der Waals surface area contributed by atoms with E-state index in [2.05, 4.69) is 40.0 Å². The summed E-state index contributed by atoms with van der Waals surface area (Å²) in [6, 6.07) is 11.4. The number of halogens is 2. The van der Waals surface area contributed by atoms with E-state index in [9.17, 15) is 4.79 Å². The highest BCUT2D eigenvalue weighted by molar-refractivity contribution is 14.1. The highest BCUT2D eigenvalue weighted by atomic mass is 127. The first-order valence-electron chi connectivity index (χ1n) is 10.5. The Labute approximate surface area is 201 Å². The van der Waals surface area contributed by atoms with E-state index in [1.165, 1.54) is 12.8 Å². The maximum atomic E-state index is 12.6. The zero-order valence-electron chi connectivity index (χ0n) is 17.7. The quantitative estimate of drug-likeness (QED) is 0.268. The van der Waals surface area contributed by atoms with Crippen LogP contribution in [0.5, 0.6) is 11.5 Å². The lowest BCUT2D eigenvalue weighted by molar-refractivity contribution is -0.123. The number of benzene rings is 2. The average Bonchev–Trinajstić information content (AvgIpc) is 3.39. The summed E-state index contributed by atoms with van der Waals surface area (Å²) >= 11 is 8.43. The summed E-state index contributed by atoms with van der Waals surface area (Å²) in [6.45, 7) is 2.58. The molecule has 0 saturated heterocycles. The molecule has 2 aliphatic rings. The largest absolute Gasteiger partial charge is 0.493 e. The molecular weight excluding hydrogens is 527 g/mol. The Kier molecular flexibility index (Phi) is 6.77. The summed E-state index contributed by atoms with van der Waals surface area (Å²) in [4.78, 5) is 12.6. The van der Waals surface area contributed by atoms with Crippen LogP contribution in [-0.2, 0) is 11.4 Å². The molecule has 0 bridgehead atoms. The first-order chi connectivity index (χ1) is 14.9. The molecule has 2 fully saturated rings. The van der Waals surface area contributed by atoms with Crippen LogP contribution in [0.1, 0.15) is 43.7 Å². The van der Waals surface area contributed by atoms with Gasteiger partial charge in [-0.25, -0.2) is 5.43 Å². The molecule has 0 spiro atoms. The Morgan fingerprint density at radius 2 is 2.16 bits per heavy atom. The molecule has 2 aliphatic carbocycles. The van der Waals surface area contributed by atoms with E-state index in [1.54, 1.807) is 13.3 Å². The molecule has 0 heterocycles. The van der Waals surface area contributed by atoms with Gasteiger partial charge in [0, 0.05) is 16.5 Å². The van der Waals surface area contributed by atoms with E-state index in [-0.39, 0.29) is 17.2 Å². The van der Waals surface area contributed by atoms with Gasteiger partial charge in [0.05, 0.1) is 16.9 Å². The number of methoxy groups -OCH3 is 1. The molecule has 1 amide bonds. The van der Waals surface area contributed by atoms with Crippen LogP contribution in [0.3, 0.4) is 0 Å². The number of hydrogen-bond donors (Lipinski definition) is 1. The van der Waals surface area contributed by atoms with Crippen molar-refractivity contribution in [1.29, 1.82) is 0 Å². The molecule has 2 aromatic rings. The van der Waals surface area contributed by atoms with Crippen molar-refractivity contribution < 1.29 is 14.3 Å². The van der Waals surface area contributed by atoms with E-state index in [0.29, 0.717) is 29.0 Å². The Morgan fingerprint density at radius 3 is 2.87 bits per heavy atom. The number of amides is 1. The van der Waals surface area contributed by atoms with Gasteiger partial charge in [-0.1, -0.05) is 49.6 Å². The second-order valence-electron chi connectivity index (χ2n) is 8.48. The summed E-state index contributed by atoms with van der Waals surface area (Å²) in [6.07, 6.45) is 6.41. The van der Waals surface area contributed by atoms with Gasteiger partial charge in [0.1, 0.15) is 6.61 Å². The van der Waals surface area contributed by atoms with E-state index in [4.69, 9.17) is 21.1 Å². The van der Waals surface area contributed by atoms with Gasteiger partial charge in [0.15, 0.2) is 11.5 Å². The topological polar surface area (TPSA) is 59.9 Å². The van der Waals surface area contributed by atoms with Gasteiger partial charge < -0.3 is 9.47 Å². The molecule has 3 atom stereocenters. The molecule has 2 saturated carbocycles. The van der Waals surface area contributed by atoms with Crippen LogP contribution >= 0.6 is 34.2 Å². The van der Waals surface area contributed by atoms with Crippen molar-refractivity contribution in [3.63, 3.8) is 0 Å². The maximum absolute atomic E-state index is 12.6. The molecule has 1 N–H and O–H groups in total. The molecule has 4 rings (SSSR count). The van der Waals surface area contributed by atoms with Gasteiger partial charge in [-0.2, -0.15) is 5.10 Å². The van der Waals surface area contributed by atoms with E-state index >= 15 is 0 Å². The number of nitrogens with zero attached hydrogens (tertiary/aromatic N) is 1. The van der Waals surface area contributed by atoms with Crippen molar-refractivity contribution >= 4 is 46.3 Å². The van der Waals surface area contributed by atoms with Crippen molar-refractivity contribution in [2.75, 3.05) is 7.11 Å². The van der Waals surface area contributed by atoms with Crippen LogP contribution in [0.2, 0.25) is 5.02 Å². The van der Waals surface area contributed by atoms with Crippen molar-refractivity contribution in [2.24, 2.45) is 22.4 Å². The van der Waals surface area contributed by atoms with Gasteiger partial charge in [-0.3, -0.25) is 4.79 Å². The predicted molar refractivity (Wildman–Crippen MR) is 131 cm³/mol. The van der Waals surface area contributed by atoms with Gasteiger partial charge in [-0.15, -0.1) is 0 Å². The van der Waals surface area contributed by atoms with E-state index in [1.807, 2.05) is 36.4 Å². The third-order valence-electron chi connectivity index (χ3n) is 6.58. The van der Waals surface area contributed by atoms with Gasteiger partial charge in [0.25, 0.3) is 0 Å². The number of fused-ring (bicyclic) bond motifs is 1. The molecule has 5 nitrogen and oxygen atoms in total. The molecule has 31 heavy (non-hydrogen) atoms. The minimum atomic E-state index is 0.0343. The minimum absolute atomic E-state index is 0.0343. The fourth-order valence-corrected chi connectivity index (χ4v) is 5.78. The first kappa shape index (κ1) is 22.4. The molecule has 7 heteroatoms. The van der Waals surface area contributed by atoms with Gasteiger partial charge in [-0.05, 0) is 70.5 Å². The highest BCUT2D eigenvalue weighted by Crippen LogP contribution is 2.66. The Morgan fingerprint density at radius 1 is 1.35 bits per heavy atom. The number of hydrazone groups is 1. The summed E-state index contributed by atoms with van der Waals surface area (Å²) in [7, 11) is 1.60. The van der Waals surface area contributed by atoms with Crippen LogP contribution in [0.25, 0.3) is 0 Å². The molecule has 164 valence electrons. The number of rotatable bonds is 7. The van der Waals surface area contributed by atoms with Crippen molar-refractivity contribution in [2.45, 2.75) is 39.2 Å². The van der Waals surface area contributed by atoms with Crippen LogP contribution in [-0.4, -0.2) is 19.2 Å². The standard InChI is InChI=1S/C24H26ClIN2O3/c1-24-10-6-5-8-17(24)21(24)23(29)28-27-13-15-11-19(26)22(20(12-15)30-2)31-14-16-7-3-4-9-18(16)25/h3-4,7,9,11-13,17,21H,5-6,8,10,14H2,1-2H3,(H,28,29)/b27-13-/t17-,21+,24-/m1/s1. The Hall–Kier alpha value is -1.80. The first-order valence-corrected chi connectivity index (χ1v) is 12.0. The molecule has 0 aromatic heterocycles. The summed E-state index contributed by atoms with van der Waals surface area (Å²) in [5.74, 6) is 1.91. The predicted octanol–water partition coefficient (Wildman–Crippen LogP) is 5.81. The maximum Gasteiger partial charge on any atom is 0.244 e. The molecule has 2 aromatic carbocycles. The van der Waals surface area contributed by atoms with Crippen molar-refractivity contribution in [3.8, 4) is 11.5 Å². The SMILES string of the molecule is COc1cc(/C=N\NC(=O)[C@@H]2[C@H]3CCCC[C@]32C)cc(I)c1OCc1ccccc1Cl. The number of carbonyl (C=O) groups excluding carboxylic acids is 1. The lowest BCUT2D eigenvalue weighted by Crippen LogP contribution is -2.22. The molecular formula is C24H26ClIN2O3. The highest BCUT2D eigenvalue weighted by Gasteiger charge is 2.64. The average molecular weight is 553 g/mol. The lowest BCUT2D eigenvalue weighted by atomic mass is 9.90. The summed E-state index contributed by atoms with van der Waals surface area (Å²) < 4.78 is 12.4. The third kappa shape index (κ3) is 4.70. The van der Waals surface area contributed by atoms with Crippen LogP contribution in [0, 0.1) is 20.8 Å². The van der Waals surface area contributed by atoms with Crippen LogP contribution in [0.15, 0.2) is 41.5 Å². The zero-order valence-corrected chi connectivity index (χ0v) is 20.6. The summed E-state index contributed by atoms with van der Waals surface area (Å²) in [5, 5.41) is 4.87. The van der Waals surface area contributed by atoms with Crippen molar-refractivity contribution in [1.82, 2.24) is 5.43 Å².